The number of rotatable bonds is 3. The molecule has 0 aromatic carbocycles. The molecule has 0 aliphatic carbocycles. The van der Waals surface area contributed by atoms with E-state index in [2.05, 4.69) is 31.1 Å². The maximum Gasteiger partial charge on any atom is 0.152 e. The number of sulfone groups is 1. The molecule has 1 aromatic heterocycles. The van der Waals surface area contributed by atoms with Crippen molar-refractivity contribution in [1.82, 2.24) is 14.9 Å². The highest BCUT2D eigenvalue weighted by molar-refractivity contribution is 7.91. The summed E-state index contributed by atoms with van der Waals surface area (Å²) in [6.45, 7) is 6.95. The molecule has 0 saturated carbocycles. The van der Waals surface area contributed by atoms with Crippen molar-refractivity contribution < 1.29 is 8.42 Å². The molecule has 1 N–H and O–H groups in total. The van der Waals surface area contributed by atoms with Crippen molar-refractivity contribution in [3.05, 3.63) is 18.2 Å². The number of aromatic nitrogens is 2. The first-order valence-corrected chi connectivity index (χ1v) is 8.06. The van der Waals surface area contributed by atoms with Gasteiger partial charge in [0.25, 0.3) is 0 Å². The summed E-state index contributed by atoms with van der Waals surface area (Å²) >= 11 is 0. The molecule has 1 atom stereocenters. The van der Waals surface area contributed by atoms with Crippen LogP contribution < -0.4 is 5.32 Å². The molecule has 18 heavy (non-hydrogen) atoms. The molecule has 1 fully saturated rings. The first-order valence-electron chi connectivity index (χ1n) is 6.24. The van der Waals surface area contributed by atoms with E-state index in [-0.39, 0.29) is 17.3 Å². The van der Waals surface area contributed by atoms with Gasteiger partial charge in [0, 0.05) is 24.0 Å². The van der Waals surface area contributed by atoms with Gasteiger partial charge < -0.3 is 9.88 Å². The molecule has 2 rings (SSSR count). The molecule has 0 amide bonds. The zero-order valence-electron chi connectivity index (χ0n) is 11.2. The molecule has 0 bridgehead atoms. The lowest BCUT2D eigenvalue weighted by atomic mass is 10.1. The van der Waals surface area contributed by atoms with Gasteiger partial charge in [0.2, 0.25) is 0 Å². The van der Waals surface area contributed by atoms with Gasteiger partial charge in [-0.2, -0.15) is 0 Å². The number of hydrogen-bond acceptors (Lipinski definition) is 4. The summed E-state index contributed by atoms with van der Waals surface area (Å²) in [5.41, 5.74) is 0.0263. The molecule has 1 aromatic rings. The molecule has 1 saturated heterocycles. The van der Waals surface area contributed by atoms with Crippen LogP contribution in [-0.4, -0.2) is 35.0 Å². The van der Waals surface area contributed by atoms with Gasteiger partial charge in [-0.15, -0.1) is 0 Å². The molecular formula is C12H21N3O2S. The van der Waals surface area contributed by atoms with Crippen LogP contribution in [0.15, 0.2) is 12.4 Å². The maximum absolute atomic E-state index is 11.5. The van der Waals surface area contributed by atoms with E-state index in [4.69, 9.17) is 0 Å². The van der Waals surface area contributed by atoms with Gasteiger partial charge in [-0.25, -0.2) is 13.4 Å². The molecular weight excluding hydrogens is 250 g/mol. The van der Waals surface area contributed by atoms with E-state index in [9.17, 15) is 8.42 Å². The standard InChI is InChI=1S/C12H21N3O2S/c1-12(2,3)14-8-11-13-5-6-15(11)10-4-7-18(16,17)9-10/h5-6,10,14H,4,7-9H2,1-3H3. The number of hydrogen-bond donors (Lipinski definition) is 1. The predicted molar refractivity (Wildman–Crippen MR) is 71.1 cm³/mol. The third kappa shape index (κ3) is 3.32. The van der Waals surface area contributed by atoms with Crippen molar-refractivity contribution in [3.8, 4) is 0 Å². The quantitative estimate of drug-likeness (QED) is 0.895. The monoisotopic (exact) mass is 271 g/mol. The van der Waals surface area contributed by atoms with Crippen molar-refractivity contribution >= 4 is 9.84 Å². The summed E-state index contributed by atoms with van der Waals surface area (Å²) in [6.07, 6.45) is 4.32. The van der Waals surface area contributed by atoms with Gasteiger partial charge in [0.05, 0.1) is 18.1 Å². The second kappa shape index (κ2) is 4.66. The molecule has 2 heterocycles. The topological polar surface area (TPSA) is 64.0 Å². The lowest BCUT2D eigenvalue weighted by Gasteiger charge is -2.21. The Labute approximate surface area is 109 Å². The third-order valence-electron chi connectivity index (χ3n) is 3.13. The fourth-order valence-electron chi connectivity index (χ4n) is 2.15. The minimum absolute atomic E-state index is 0.0263. The Morgan fingerprint density at radius 1 is 1.50 bits per heavy atom. The molecule has 102 valence electrons. The van der Waals surface area contributed by atoms with Gasteiger partial charge in [-0.05, 0) is 27.2 Å². The Bertz CT molecular complexity index is 514. The van der Waals surface area contributed by atoms with Crippen LogP contribution in [0.25, 0.3) is 0 Å². The minimum atomic E-state index is -2.85. The van der Waals surface area contributed by atoms with Crippen LogP contribution in [0.2, 0.25) is 0 Å². The molecule has 6 heteroatoms. The van der Waals surface area contributed by atoms with Crippen LogP contribution in [0, 0.1) is 0 Å². The summed E-state index contributed by atoms with van der Waals surface area (Å²) in [4.78, 5) is 4.32. The van der Waals surface area contributed by atoms with Gasteiger partial charge >= 0.3 is 0 Å². The van der Waals surface area contributed by atoms with Crippen LogP contribution in [-0.2, 0) is 16.4 Å². The second-order valence-corrected chi connectivity index (χ2v) is 8.14. The van der Waals surface area contributed by atoms with Crippen LogP contribution >= 0.6 is 0 Å². The third-order valence-corrected chi connectivity index (χ3v) is 4.88. The Balaban J connectivity index is 2.09. The SMILES string of the molecule is CC(C)(C)NCc1nccn1C1CCS(=O)(=O)C1. The van der Waals surface area contributed by atoms with Gasteiger partial charge in [0.15, 0.2) is 9.84 Å². The lowest BCUT2D eigenvalue weighted by Crippen LogP contribution is -2.36. The zero-order chi connectivity index (χ0) is 13.4. The number of nitrogens with one attached hydrogen (secondary N) is 1. The Morgan fingerprint density at radius 2 is 2.22 bits per heavy atom. The van der Waals surface area contributed by atoms with E-state index in [1.807, 2.05) is 10.8 Å². The summed E-state index contributed by atoms with van der Waals surface area (Å²) in [5.74, 6) is 1.44. The summed E-state index contributed by atoms with van der Waals surface area (Å²) in [5, 5.41) is 3.38. The van der Waals surface area contributed by atoms with Crippen molar-refractivity contribution in [3.63, 3.8) is 0 Å². The van der Waals surface area contributed by atoms with Crippen molar-refractivity contribution in [2.24, 2.45) is 0 Å². The van der Waals surface area contributed by atoms with Crippen LogP contribution in [0.4, 0.5) is 0 Å². The van der Waals surface area contributed by atoms with E-state index in [1.54, 1.807) is 6.20 Å². The Hall–Kier alpha value is -0.880. The number of nitrogens with zero attached hydrogens (tertiary/aromatic N) is 2. The van der Waals surface area contributed by atoms with E-state index in [1.165, 1.54) is 0 Å². The van der Waals surface area contributed by atoms with Crippen molar-refractivity contribution in [2.75, 3.05) is 11.5 Å². The molecule has 1 aliphatic heterocycles. The summed E-state index contributed by atoms with van der Waals surface area (Å²) < 4.78 is 25.0. The molecule has 0 spiro atoms. The maximum atomic E-state index is 11.5. The zero-order valence-corrected chi connectivity index (χ0v) is 12.0. The van der Waals surface area contributed by atoms with Crippen molar-refractivity contribution in [1.29, 1.82) is 0 Å². The van der Waals surface area contributed by atoms with E-state index in [0.717, 1.165) is 5.82 Å². The number of imidazole rings is 1. The first kappa shape index (κ1) is 13.5. The molecule has 5 nitrogen and oxygen atoms in total. The van der Waals surface area contributed by atoms with E-state index in [0.29, 0.717) is 18.7 Å². The summed E-state index contributed by atoms with van der Waals surface area (Å²) in [6, 6.07) is 0.0502. The Morgan fingerprint density at radius 3 is 2.78 bits per heavy atom. The van der Waals surface area contributed by atoms with Crippen molar-refractivity contribution in [2.45, 2.75) is 45.3 Å². The molecule has 1 aliphatic rings. The highest BCUT2D eigenvalue weighted by atomic mass is 32.2. The van der Waals surface area contributed by atoms with Gasteiger partial charge in [0.1, 0.15) is 5.82 Å². The highest BCUT2D eigenvalue weighted by Crippen LogP contribution is 2.24. The average molecular weight is 271 g/mol. The normalized spacial score (nSPS) is 23.4. The fourth-order valence-corrected chi connectivity index (χ4v) is 3.86. The fraction of sp³-hybridized carbons (Fsp3) is 0.750. The van der Waals surface area contributed by atoms with Crippen LogP contribution in [0.5, 0.6) is 0 Å². The van der Waals surface area contributed by atoms with Crippen LogP contribution in [0.3, 0.4) is 0 Å². The average Bonchev–Trinajstić information content (AvgIpc) is 2.79. The van der Waals surface area contributed by atoms with Gasteiger partial charge in [-0.1, -0.05) is 0 Å². The largest absolute Gasteiger partial charge is 0.330 e. The summed E-state index contributed by atoms with van der Waals surface area (Å²) in [7, 11) is -2.85. The molecule has 0 radical (unpaired) electrons. The van der Waals surface area contributed by atoms with Gasteiger partial charge in [-0.3, -0.25) is 0 Å². The predicted octanol–water partition coefficient (Wildman–Crippen LogP) is 1.13. The molecule has 1 unspecified atom stereocenters. The minimum Gasteiger partial charge on any atom is -0.330 e. The first-order chi connectivity index (χ1) is 8.27. The van der Waals surface area contributed by atoms with Crippen LogP contribution in [0.1, 0.15) is 39.1 Å². The second-order valence-electron chi connectivity index (χ2n) is 5.91. The smallest absolute Gasteiger partial charge is 0.152 e. The van der Waals surface area contributed by atoms with E-state index >= 15 is 0 Å². The Kier molecular flexibility index (Phi) is 3.51. The highest BCUT2D eigenvalue weighted by Gasteiger charge is 2.30. The van der Waals surface area contributed by atoms with E-state index < -0.39 is 9.84 Å². The lowest BCUT2D eigenvalue weighted by molar-refractivity contribution is 0.405.